The van der Waals surface area contributed by atoms with Gasteiger partial charge in [-0.15, -0.1) is 0 Å². The number of carboxylic acids is 1. The van der Waals surface area contributed by atoms with E-state index >= 15 is 0 Å². The van der Waals surface area contributed by atoms with Crippen LogP contribution in [0.15, 0.2) is 48.5 Å². The number of carbonyl (C=O) groups is 1. The average Bonchev–Trinajstić information content (AvgIpc) is 2.42. The Morgan fingerprint density at radius 2 is 1.85 bits per heavy atom. The van der Waals surface area contributed by atoms with Crippen molar-refractivity contribution in [2.24, 2.45) is 0 Å². The molecule has 2 rings (SSSR count). The quantitative estimate of drug-likeness (QED) is 0.913. The van der Waals surface area contributed by atoms with Gasteiger partial charge in [0.2, 0.25) is 0 Å². The Bertz CT molecular complexity index is 593. The van der Waals surface area contributed by atoms with Gasteiger partial charge in [0.1, 0.15) is 5.75 Å². The number of aliphatic carboxylic acids is 1. The Kier molecular flexibility index (Phi) is 4.64. The van der Waals surface area contributed by atoms with E-state index in [0.717, 1.165) is 11.1 Å². The molecule has 0 spiro atoms. The van der Waals surface area contributed by atoms with Crippen LogP contribution >= 0.6 is 11.6 Å². The number of para-hydroxylation sites is 1. The zero-order valence-corrected chi connectivity index (χ0v) is 11.8. The van der Waals surface area contributed by atoms with Crippen molar-refractivity contribution in [3.05, 3.63) is 64.7 Å². The Hall–Kier alpha value is -2.00. The van der Waals surface area contributed by atoms with Crippen molar-refractivity contribution < 1.29 is 14.6 Å². The van der Waals surface area contributed by atoms with Gasteiger partial charge in [-0.25, -0.2) is 4.79 Å². The van der Waals surface area contributed by atoms with E-state index in [1.807, 2.05) is 25.1 Å². The van der Waals surface area contributed by atoms with Gasteiger partial charge in [-0.05, 0) is 36.2 Å². The Labute approximate surface area is 122 Å². The topological polar surface area (TPSA) is 46.5 Å². The average molecular weight is 291 g/mol. The summed E-state index contributed by atoms with van der Waals surface area (Å²) in [5.41, 5.74) is 1.78. The second-order valence-corrected chi connectivity index (χ2v) is 4.98. The van der Waals surface area contributed by atoms with Gasteiger partial charge in [-0.2, -0.15) is 0 Å². The molecule has 0 unspecified atom stereocenters. The van der Waals surface area contributed by atoms with Crippen LogP contribution in [0.25, 0.3) is 0 Å². The predicted molar refractivity (Wildman–Crippen MR) is 78.4 cm³/mol. The van der Waals surface area contributed by atoms with E-state index in [9.17, 15) is 9.90 Å². The number of carboxylic acid groups (broad SMARTS) is 1. The van der Waals surface area contributed by atoms with Crippen LogP contribution in [0.5, 0.6) is 5.75 Å². The second-order valence-electron chi connectivity index (χ2n) is 4.54. The lowest BCUT2D eigenvalue weighted by atomic mass is 10.1. The molecule has 0 heterocycles. The molecular weight excluding hydrogens is 276 g/mol. The fourth-order valence-corrected chi connectivity index (χ4v) is 1.98. The first kappa shape index (κ1) is 14.4. The molecule has 0 radical (unpaired) electrons. The molecule has 0 saturated carbocycles. The number of ether oxygens (including phenoxy) is 1. The maximum Gasteiger partial charge on any atom is 0.345 e. The van der Waals surface area contributed by atoms with E-state index in [2.05, 4.69) is 0 Å². The Balaban J connectivity index is 2.14. The lowest BCUT2D eigenvalue weighted by Gasteiger charge is -2.16. The number of halogens is 1. The highest BCUT2D eigenvalue weighted by Gasteiger charge is 2.20. The molecule has 0 aliphatic carbocycles. The summed E-state index contributed by atoms with van der Waals surface area (Å²) in [7, 11) is 0. The van der Waals surface area contributed by atoms with Crippen molar-refractivity contribution >= 4 is 17.6 Å². The van der Waals surface area contributed by atoms with Crippen molar-refractivity contribution in [3.8, 4) is 5.75 Å². The first-order valence-corrected chi connectivity index (χ1v) is 6.63. The highest BCUT2D eigenvalue weighted by Crippen LogP contribution is 2.20. The summed E-state index contributed by atoms with van der Waals surface area (Å²) >= 11 is 5.81. The van der Waals surface area contributed by atoms with E-state index in [0.29, 0.717) is 17.2 Å². The summed E-state index contributed by atoms with van der Waals surface area (Å²) < 4.78 is 5.61. The van der Waals surface area contributed by atoms with Crippen molar-refractivity contribution in [1.29, 1.82) is 0 Å². The third kappa shape index (κ3) is 3.75. The molecule has 4 heteroatoms. The molecule has 20 heavy (non-hydrogen) atoms. The Morgan fingerprint density at radius 1 is 1.20 bits per heavy atom. The van der Waals surface area contributed by atoms with Crippen LogP contribution in [-0.4, -0.2) is 17.2 Å². The molecule has 0 bridgehead atoms. The number of benzene rings is 2. The van der Waals surface area contributed by atoms with Crippen LogP contribution in [0.1, 0.15) is 11.1 Å². The number of rotatable bonds is 5. The molecule has 2 aromatic rings. The SMILES string of the molecule is Cc1ccccc1O[C@@H](Cc1ccc(Cl)cc1)C(=O)O. The van der Waals surface area contributed by atoms with Gasteiger partial charge in [0.05, 0.1) is 0 Å². The molecule has 0 saturated heterocycles. The lowest BCUT2D eigenvalue weighted by Crippen LogP contribution is -2.29. The van der Waals surface area contributed by atoms with Gasteiger partial charge < -0.3 is 9.84 Å². The summed E-state index contributed by atoms with van der Waals surface area (Å²) in [6.07, 6.45) is -0.627. The van der Waals surface area contributed by atoms with Crippen molar-refractivity contribution in [3.63, 3.8) is 0 Å². The molecule has 3 nitrogen and oxygen atoms in total. The van der Waals surface area contributed by atoms with Crippen molar-refractivity contribution in [2.75, 3.05) is 0 Å². The summed E-state index contributed by atoms with van der Waals surface area (Å²) in [6.45, 7) is 1.89. The highest BCUT2D eigenvalue weighted by atomic mass is 35.5. The summed E-state index contributed by atoms with van der Waals surface area (Å²) in [5, 5.41) is 9.92. The van der Waals surface area contributed by atoms with Crippen LogP contribution in [0.2, 0.25) is 5.02 Å². The van der Waals surface area contributed by atoms with Gasteiger partial charge in [0.15, 0.2) is 6.10 Å². The van der Waals surface area contributed by atoms with Gasteiger partial charge >= 0.3 is 5.97 Å². The van der Waals surface area contributed by atoms with Gasteiger partial charge in [-0.1, -0.05) is 41.9 Å². The van der Waals surface area contributed by atoms with E-state index in [1.54, 1.807) is 30.3 Å². The minimum Gasteiger partial charge on any atom is -0.478 e. The monoisotopic (exact) mass is 290 g/mol. The number of hydrogen-bond donors (Lipinski definition) is 1. The fourth-order valence-electron chi connectivity index (χ4n) is 1.86. The first-order valence-electron chi connectivity index (χ1n) is 6.26. The van der Waals surface area contributed by atoms with Crippen molar-refractivity contribution in [1.82, 2.24) is 0 Å². The van der Waals surface area contributed by atoms with E-state index in [1.165, 1.54) is 0 Å². The fraction of sp³-hybridized carbons (Fsp3) is 0.188. The molecule has 0 aromatic heterocycles. The zero-order chi connectivity index (χ0) is 14.5. The van der Waals surface area contributed by atoms with Crippen molar-refractivity contribution in [2.45, 2.75) is 19.4 Å². The smallest absolute Gasteiger partial charge is 0.345 e. The number of aryl methyl sites for hydroxylation is 1. The van der Waals surface area contributed by atoms with Crippen LogP contribution in [0.3, 0.4) is 0 Å². The van der Waals surface area contributed by atoms with Gasteiger partial charge in [0.25, 0.3) is 0 Å². The molecule has 0 aliphatic rings. The van der Waals surface area contributed by atoms with Crippen LogP contribution < -0.4 is 4.74 Å². The normalized spacial score (nSPS) is 11.9. The summed E-state index contributed by atoms with van der Waals surface area (Å²) in [6, 6.07) is 14.5. The lowest BCUT2D eigenvalue weighted by molar-refractivity contribution is -0.145. The maximum absolute atomic E-state index is 11.3. The van der Waals surface area contributed by atoms with Crippen LogP contribution in [0.4, 0.5) is 0 Å². The van der Waals surface area contributed by atoms with Crippen LogP contribution in [-0.2, 0) is 11.2 Å². The highest BCUT2D eigenvalue weighted by molar-refractivity contribution is 6.30. The van der Waals surface area contributed by atoms with Gasteiger partial charge in [0, 0.05) is 11.4 Å². The summed E-state index contributed by atoms with van der Waals surface area (Å²) in [4.78, 5) is 11.3. The van der Waals surface area contributed by atoms with E-state index < -0.39 is 12.1 Å². The standard InChI is InChI=1S/C16H15ClO3/c1-11-4-2-3-5-14(11)20-15(16(18)19)10-12-6-8-13(17)9-7-12/h2-9,15H,10H2,1H3,(H,18,19)/t15-/m0/s1. The third-order valence-corrected chi connectivity index (χ3v) is 3.22. The molecule has 0 fully saturated rings. The minimum atomic E-state index is -0.983. The summed E-state index contributed by atoms with van der Waals surface area (Å²) in [5.74, 6) is -0.392. The largest absolute Gasteiger partial charge is 0.478 e. The van der Waals surface area contributed by atoms with E-state index in [-0.39, 0.29) is 0 Å². The minimum absolute atomic E-state index is 0.292. The molecule has 0 amide bonds. The molecular formula is C16H15ClO3. The molecule has 2 aromatic carbocycles. The van der Waals surface area contributed by atoms with E-state index in [4.69, 9.17) is 16.3 Å². The molecule has 1 N–H and O–H groups in total. The number of hydrogen-bond acceptors (Lipinski definition) is 2. The molecule has 1 atom stereocenters. The molecule has 104 valence electrons. The zero-order valence-electron chi connectivity index (χ0n) is 11.0. The third-order valence-electron chi connectivity index (χ3n) is 2.97. The molecule has 0 aliphatic heterocycles. The predicted octanol–water partition coefficient (Wildman–Crippen LogP) is 3.72. The maximum atomic E-state index is 11.3. The van der Waals surface area contributed by atoms with Gasteiger partial charge in [-0.3, -0.25) is 0 Å². The van der Waals surface area contributed by atoms with Crippen LogP contribution in [0, 0.1) is 6.92 Å². The Morgan fingerprint density at radius 3 is 2.45 bits per heavy atom. The first-order chi connectivity index (χ1) is 9.56. The second kappa shape index (κ2) is 6.44.